The first-order valence-corrected chi connectivity index (χ1v) is 4.85. The number of allylic oxidation sites excluding steroid dienone is 1. The zero-order valence-corrected chi connectivity index (χ0v) is 8.30. The van der Waals surface area contributed by atoms with Crippen molar-refractivity contribution in [3.63, 3.8) is 0 Å². The molecule has 0 unspecified atom stereocenters. The van der Waals surface area contributed by atoms with Gasteiger partial charge in [0.25, 0.3) is 0 Å². The van der Waals surface area contributed by atoms with Crippen molar-refractivity contribution in [1.29, 1.82) is 0 Å². The molecular weight excluding hydrogens is 166 g/mol. The average molecular weight is 183 g/mol. The summed E-state index contributed by atoms with van der Waals surface area (Å²) in [5, 5.41) is 2.87. The molecule has 1 atom stereocenters. The quantitative estimate of drug-likeness (QED) is 0.724. The zero-order valence-electron chi connectivity index (χ0n) is 8.30. The molecule has 0 aromatic carbocycles. The number of carbonyl (C=O) groups excluding carboxylic acids is 1. The fourth-order valence-corrected chi connectivity index (χ4v) is 1.12. The molecule has 0 aromatic heterocycles. The fourth-order valence-electron chi connectivity index (χ4n) is 1.12. The molecule has 1 N–H and O–H groups in total. The number of ether oxygens (including phenoxy) is 1. The second kappa shape index (κ2) is 4.90. The number of rotatable bonds is 3. The van der Waals surface area contributed by atoms with Crippen molar-refractivity contribution < 1.29 is 9.53 Å². The van der Waals surface area contributed by atoms with Gasteiger partial charge in [0.05, 0.1) is 12.3 Å². The van der Waals surface area contributed by atoms with E-state index in [2.05, 4.69) is 5.32 Å². The lowest BCUT2D eigenvalue weighted by molar-refractivity contribution is -0.123. The van der Waals surface area contributed by atoms with Crippen molar-refractivity contribution in [3.05, 3.63) is 12.0 Å². The summed E-state index contributed by atoms with van der Waals surface area (Å²) in [4.78, 5) is 11.4. The fraction of sp³-hybridized carbons (Fsp3) is 0.700. The molecule has 0 saturated carbocycles. The SMILES string of the molecule is CC[C@@H](C)C(=O)NC1=COCCC1. The minimum absolute atomic E-state index is 0.0860. The topological polar surface area (TPSA) is 38.3 Å². The van der Waals surface area contributed by atoms with E-state index in [4.69, 9.17) is 4.74 Å². The number of hydrogen-bond donors (Lipinski definition) is 1. The van der Waals surface area contributed by atoms with Crippen LogP contribution in [0.4, 0.5) is 0 Å². The van der Waals surface area contributed by atoms with Gasteiger partial charge in [0, 0.05) is 5.92 Å². The van der Waals surface area contributed by atoms with Crippen LogP contribution in [-0.4, -0.2) is 12.5 Å². The molecule has 0 aromatic rings. The molecule has 0 fully saturated rings. The standard InChI is InChI=1S/C10H17NO2/c1-3-8(2)10(12)11-9-5-4-6-13-7-9/h7-8H,3-6H2,1-2H3,(H,11,12)/t8-/m1/s1. The maximum atomic E-state index is 11.4. The number of amides is 1. The largest absolute Gasteiger partial charge is 0.499 e. The highest BCUT2D eigenvalue weighted by Gasteiger charge is 2.13. The van der Waals surface area contributed by atoms with E-state index in [9.17, 15) is 4.79 Å². The summed E-state index contributed by atoms with van der Waals surface area (Å²) in [7, 11) is 0. The summed E-state index contributed by atoms with van der Waals surface area (Å²) in [6.07, 6.45) is 4.44. The van der Waals surface area contributed by atoms with Crippen LogP contribution in [0.1, 0.15) is 33.1 Å². The Balaban J connectivity index is 2.39. The monoisotopic (exact) mass is 183 g/mol. The average Bonchev–Trinajstić information content (AvgIpc) is 2.18. The van der Waals surface area contributed by atoms with E-state index in [0.717, 1.165) is 31.6 Å². The molecule has 3 heteroatoms. The van der Waals surface area contributed by atoms with E-state index in [1.54, 1.807) is 6.26 Å². The van der Waals surface area contributed by atoms with Crippen LogP contribution in [0.15, 0.2) is 12.0 Å². The molecule has 0 radical (unpaired) electrons. The second-order valence-corrected chi connectivity index (χ2v) is 3.42. The van der Waals surface area contributed by atoms with E-state index >= 15 is 0 Å². The Kier molecular flexibility index (Phi) is 3.80. The van der Waals surface area contributed by atoms with Crippen molar-refractivity contribution >= 4 is 5.91 Å². The van der Waals surface area contributed by atoms with Crippen LogP contribution in [0, 0.1) is 5.92 Å². The van der Waals surface area contributed by atoms with Crippen LogP contribution < -0.4 is 5.32 Å². The Morgan fingerprint density at radius 1 is 1.77 bits per heavy atom. The first-order valence-electron chi connectivity index (χ1n) is 4.85. The number of carbonyl (C=O) groups is 1. The van der Waals surface area contributed by atoms with E-state index < -0.39 is 0 Å². The molecule has 0 spiro atoms. The molecule has 0 bridgehead atoms. The first-order chi connectivity index (χ1) is 6.24. The van der Waals surface area contributed by atoms with E-state index in [1.807, 2.05) is 13.8 Å². The molecule has 0 aliphatic carbocycles. The molecule has 1 aliphatic rings. The second-order valence-electron chi connectivity index (χ2n) is 3.42. The maximum Gasteiger partial charge on any atom is 0.227 e. The predicted octanol–water partition coefficient (Wildman–Crippen LogP) is 1.80. The molecule has 0 saturated heterocycles. The summed E-state index contributed by atoms with van der Waals surface area (Å²) in [6, 6.07) is 0. The van der Waals surface area contributed by atoms with E-state index in [0.29, 0.717) is 0 Å². The van der Waals surface area contributed by atoms with Crippen LogP contribution in [0.3, 0.4) is 0 Å². The minimum atomic E-state index is 0.0860. The Morgan fingerprint density at radius 3 is 3.08 bits per heavy atom. The van der Waals surface area contributed by atoms with Gasteiger partial charge >= 0.3 is 0 Å². The third-order valence-electron chi connectivity index (χ3n) is 2.28. The Morgan fingerprint density at radius 2 is 2.54 bits per heavy atom. The van der Waals surface area contributed by atoms with Crippen LogP contribution in [-0.2, 0) is 9.53 Å². The summed E-state index contributed by atoms with van der Waals surface area (Å²) >= 11 is 0. The van der Waals surface area contributed by atoms with Gasteiger partial charge in [-0.2, -0.15) is 0 Å². The van der Waals surface area contributed by atoms with E-state index in [1.165, 1.54) is 0 Å². The van der Waals surface area contributed by atoms with Gasteiger partial charge in [-0.1, -0.05) is 13.8 Å². The highest BCUT2D eigenvalue weighted by molar-refractivity contribution is 5.79. The molecule has 3 nitrogen and oxygen atoms in total. The summed E-state index contributed by atoms with van der Waals surface area (Å²) in [6.45, 7) is 4.71. The zero-order chi connectivity index (χ0) is 9.68. The third-order valence-corrected chi connectivity index (χ3v) is 2.28. The lowest BCUT2D eigenvalue weighted by Gasteiger charge is -2.16. The molecule has 1 rings (SSSR count). The van der Waals surface area contributed by atoms with Gasteiger partial charge in [0.2, 0.25) is 5.91 Å². The van der Waals surface area contributed by atoms with Crippen molar-refractivity contribution in [2.75, 3.05) is 6.61 Å². The number of hydrogen-bond acceptors (Lipinski definition) is 2. The molecule has 1 aliphatic heterocycles. The van der Waals surface area contributed by atoms with Crippen LogP contribution in [0.2, 0.25) is 0 Å². The molecule has 1 heterocycles. The van der Waals surface area contributed by atoms with Gasteiger partial charge in [-0.15, -0.1) is 0 Å². The minimum Gasteiger partial charge on any atom is -0.499 e. The van der Waals surface area contributed by atoms with Crippen molar-refractivity contribution in [2.24, 2.45) is 5.92 Å². The van der Waals surface area contributed by atoms with Gasteiger partial charge in [-0.05, 0) is 19.3 Å². The molecular formula is C10H17NO2. The molecule has 74 valence electrons. The maximum absolute atomic E-state index is 11.4. The van der Waals surface area contributed by atoms with Crippen LogP contribution in [0.25, 0.3) is 0 Å². The summed E-state index contributed by atoms with van der Waals surface area (Å²) < 4.78 is 5.12. The summed E-state index contributed by atoms with van der Waals surface area (Å²) in [5.74, 6) is 0.182. The lowest BCUT2D eigenvalue weighted by Crippen LogP contribution is -2.29. The van der Waals surface area contributed by atoms with Gasteiger partial charge in [-0.3, -0.25) is 4.79 Å². The molecule has 13 heavy (non-hydrogen) atoms. The van der Waals surface area contributed by atoms with Gasteiger partial charge in [-0.25, -0.2) is 0 Å². The summed E-state index contributed by atoms with van der Waals surface area (Å²) in [5.41, 5.74) is 0.913. The smallest absolute Gasteiger partial charge is 0.227 e. The number of nitrogens with one attached hydrogen (secondary N) is 1. The Labute approximate surface area is 79.2 Å². The van der Waals surface area contributed by atoms with Crippen molar-refractivity contribution in [2.45, 2.75) is 33.1 Å². The van der Waals surface area contributed by atoms with E-state index in [-0.39, 0.29) is 11.8 Å². The Bertz CT molecular complexity index is 211. The first kappa shape index (κ1) is 10.1. The van der Waals surface area contributed by atoms with Crippen molar-refractivity contribution in [1.82, 2.24) is 5.32 Å². The highest BCUT2D eigenvalue weighted by Crippen LogP contribution is 2.10. The van der Waals surface area contributed by atoms with Crippen LogP contribution >= 0.6 is 0 Å². The third kappa shape index (κ3) is 3.09. The van der Waals surface area contributed by atoms with Gasteiger partial charge in [0.1, 0.15) is 6.26 Å². The predicted molar refractivity (Wildman–Crippen MR) is 50.9 cm³/mol. The van der Waals surface area contributed by atoms with Gasteiger partial charge < -0.3 is 10.1 Å². The van der Waals surface area contributed by atoms with Crippen LogP contribution in [0.5, 0.6) is 0 Å². The van der Waals surface area contributed by atoms with Gasteiger partial charge in [0.15, 0.2) is 0 Å². The highest BCUT2D eigenvalue weighted by atomic mass is 16.5. The molecule has 1 amide bonds. The normalized spacial score (nSPS) is 18.5. The Hall–Kier alpha value is -0.990. The lowest BCUT2D eigenvalue weighted by atomic mass is 10.1. The van der Waals surface area contributed by atoms with Crippen molar-refractivity contribution in [3.8, 4) is 0 Å².